The lowest BCUT2D eigenvalue weighted by Crippen LogP contribution is -2.01. The summed E-state index contributed by atoms with van der Waals surface area (Å²) >= 11 is 0. The van der Waals surface area contributed by atoms with E-state index in [1.165, 1.54) is 13.2 Å². The van der Waals surface area contributed by atoms with Gasteiger partial charge in [0, 0.05) is 0 Å². The Bertz CT molecular complexity index is 460. The summed E-state index contributed by atoms with van der Waals surface area (Å²) in [5.41, 5.74) is 1.70. The predicted molar refractivity (Wildman–Crippen MR) is 63.8 cm³/mol. The average Bonchev–Trinajstić information content (AvgIpc) is 2.30. The van der Waals surface area contributed by atoms with Crippen LogP contribution in [0, 0.1) is 6.92 Å². The molecule has 4 nitrogen and oxygen atoms in total. The van der Waals surface area contributed by atoms with Crippen LogP contribution in [0.4, 0.5) is 0 Å². The second kappa shape index (κ2) is 5.84. The van der Waals surface area contributed by atoms with Crippen molar-refractivity contribution in [3.8, 4) is 0 Å². The number of aromatic carboxylic acids is 1. The monoisotopic (exact) mass is 234 g/mol. The molecule has 0 aromatic heterocycles. The summed E-state index contributed by atoms with van der Waals surface area (Å²) in [7, 11) is 1.31. The minimum absolute atomic E-state index is 0.129. The maximum atomic E-state index is 11.0. The summed E-state index contributed by atoms with van der Waals surface area (Å²) < 4.78 is 4.49. The molecular formula is C13H14O4. The standard InChI is InChI=1S/C13H14O4/c1-9-5-3-7-11(13(15)16)10(9)6-4-8-12(14)17-2/h3-7H,8H2,1-2H3,(H,15,16). The Morgan fingerprint density at radius 1 is 1.41 bits per heavy atom. The van der Waals surface area contributed by atoms with Gasteiger partial charge in [-0.25, -0.2) is 4.79 Å². The molecule has 90 valence electrons. The molecule has 0 saturated carbocycles. The van der Waals surface area contributed by atoms with Crippen molar-refractivity contribution in [3.63, 3.8) is 0 Å². The molecule has 0 unspecified atom stereocenters. The van der Waals surface area contributed by atoms with Crippen LogP contribution in [-0.4, -0.2) is 24.2 Å². The van der Waals surface area contributed by atoms with Crippen LogP contribution in [0.1, 0.15) is 27.9 Å². The van der Waals surface area contributed by atoms with E-state index in [4.69, 9.17) is 5.11 Å². The lowest BCUT2D eigenvalue weighted by molar-refractivity contribution is -0.139. The van der Waals surface area contributed by atoms with E-state index < -0.39 is 5.97 Å². The van der Waals surface area contributed by atoms with Gasteiger partial charge in [0.25, 0.3) is 0 Å². The van der Waals surface area contributed by atoms with Gasteiger partial charge >= 0.3 is 11.9 Å². The maximum absolute atomic E-state index is 11.0. The van der Waals surface area contributed by atoms with E-state index in [0.717, 1.165) is 5.56 Å². The number of hydrogen-bond acceptors (Lipinski definition) is 3. The Morgan fingerprint density at radius 3 is 2.71 bits per heavy atom. The van der Waals surface area contributed by atoms with Crippen molar-refractivity contribution in [3.05, 3.63) is 41.0 Å². The van der Waals surface area contributed by atoms with Gasteiger partial charge in [0.05, 0.1) is 19.1 Å². The third-order valence-electron chi connectivity index (χ3n) is 2.35. The zero-order valence-electron chi connectivity index (χ0n) is 9.77. The first-order valence-electron chi connectivity index (χ1n) is 5.12. The van der Waals surface area contributed by atoms with Crippen molar-refractivity contribution in [1.29, 1.82) is 0 Å². The maximum Gasteiger partial charge on any atom is 0.336 e. The Balaban J connectivity index is 2.97. The van der Waals surface area contributed by atoms with Gasteiger partial charge in [-0.3, -0.25) is 4.79 Å². The molecule has 1 aromatic rings. The number of ether oxygens (including phenoxy) is 1. The van der Waals surface area contributed by atoms with E-state index >= 15 is 0 Å². The van der Waals surface area contributed by atoms with Crippen molar-refractivity contribution in [2.45, 2.75) is 13.3 Å². The van der Waals surface area contributed by atoms with Crippen molar-refractivity contribution in [2.24, 2.45) is 0 Å². The SMILES string of the molecule is COC(=O)CC=Cc1c(C)cccc1C(=O)O. The molecule has 0 fully saturated rings. The Morgan fingerprint density at radius 2 is 2.12 bits per heavy atom. The lowest BCUT2D eigenvalue weighted by Gasteiger charge is -2.04. The average molecular weight is 234 g/mol. The van der Waals surface area contributed by atoms with E-state index in [1.54, 1.807) is 18.2 Å². The molecule has 0 heterocycles. The number of carboxylic acids is 1. The van der Waals surface area contributed by atoms with Crippen LogP contribution in [-0.2, 0) is 9.53 Å². The summed E-state index contributed by atoms with van der Waals surface area (Å²) in [4.78, 5) is 21.9. The quantitative estimate of drug-likeness (QED) is 0.812. The molecule has 1 N–H and O–H groups in total. The Labute approximate surface area is 99.5 Å². The summed E-state index contributed by atoms with van der Waals surface area (Å²) in [5, 5.41) is 9.02. The summed E-state index contributed by atoms with van der Waals surface area (Å²) in [5.74, 6) is -1.34. The highest BCUT2D eigenvalue weighted by molar-refractivity contribution is 5.92. The first-order chi connectivity index (χ1) is 8.06. The highest BCUT2D eigenvalue weighted by atomic mass is 16.5. The van der Waals surface area contributed by atoms with Crippen molar-refractivity contribution < 1.29 is 19.4 Å². The number of aryl methyl sites for hydroxylation is 1. The van der Waals surface area contributed by atoms with Crippen LogP contribution in [0.5, 0.6) is 0 Å². The molecule has 0 atom stereocenters. The molecule has 17 heavy (non-hydrogen) atoms. The fourth-order valence-electron chi connectivity index (χ4n) is 1.44. The van der Waals surface area contributed by atoms with Gasteiger partial charge in [0.2, 0.25) is 0 Å². The molecule has 1 aromatic carbocycles. The van der Waals surface area contributed by atoms with Crippen molar-refractivity contribution in [1.82, 2.24) is 0 Å². The molecule has 0 aliphatic rings. The van der Waals surface area contributed by atoms with Crippen LogP contribution >= 0.6 is 0 Å². The molecule has 0 spiro atoms. The zero-order chi connectivity index (χ0) is 12.8. The number of methoxy groups -OCH3 is 1. The second-order valence-electron chi connectivity index (χ2n) is 3.52. The lowest BCUT2D eigenvalue weighted by atomic mass is 10.0. The van der Waals surface area contributed by atoms with Crippen LogP contribution in [0.25, 0.3) is 6.08 Å². The molecule has 0 aliphatic heterocycles. The zero-order valence-corrected chi connectivity index (χ0v) is 9.77. The number of carbonyl (C=O) groups excluding carboxylic acids is 1. The highest BCUT2D eigenvalue weighted by Crippen LogP contribution is 2.16. The minimum atomic E-state index is -0.980. The number of benzene rings is 1. The summed E-state index contributed by atoms with van der Waals surface area (Å²) in [6.45, 7) is 1.82. The van der Waals surface area contributed by atoms with E-state index in [1.807, 2.05) is 13.0 Å². The third-order valence-corrected chi connectivity index (χ3v) is 2.35. The number of esters is 1. The van der Waals surface area contributed by atoms with Gasteiger partial charge in [-0.15, -0.1) is 0 Å². The van der Waals surface area contributed by atoms with Crippen LogP contribution in [0.2, 0.25) is 0 Å². The Hall–Kier alpha value is -2.10. The van der Waals surface area contributed by atoms with Crippen molar-refractivity contribution >= 4 is 18.0 Å². The molecule has 0 amide bonds. The predicted octanol–water partition coefficient (Wildman–Crippen LogP) is 2.27. The van der Waals surface area contributed by atoms with E-state index in [0.29, 0.717) is 5.56 Å². The molecular weight excluding hydrogens is 220 g/mol. The topological polar surface area (TPSA) is 63.6 Å². The van der Waals surface area contributed by atoms with Crippen LogP contribution in [0.15, 0.2) is 24.3 Å². The van der Waals surface area contributed by atoms with Crippen LogP contribution in [0.3, 0.4) is 0 Å². The van der Waals surface area contributed by atoms with Gasteiger partial charge in [-0.05, 0) is 24.1 Å². The van der Waals surface area contributed by atoms with Gasteiger partial charge in [0.15, 0.2) is 0 Å². The van der Waals surface area contributed by atoms with E-state index in [9.17, 15) is 9.59 Å². The summed E-state index contributed by atoms with van der Waals surface area (Å²) in [6.07, 6.45) is 3.36. The second-order valence-corrected chi connectivity index (χ2v) is 3.52. The van der Waals surface area contributed by atoms with Crippen molar-refractivity contribution in [2.75, 3.05) is 7.11 Å². The molecule has 0 saturated heterocycles. The van der Waals surface area contributed by atoms with Gasteiger partial charge in [-0.1, -0.05) is 24.3 Å². The van der Waals surface area contributed by atoms with Gasteiger partial charge < -0.3 is 9.84 Å². The Kier molecular flexibility index (Phi) is 4.46. The highest BCUT2D eigenvalue weighted by Gasteiger charge is 2.09. The number of carbonyl (C=O) groups is 2. The fourth-order valence-corrected chi connectivity index (χ4v) is 1.44. The first-order valence-corrected chi connectivity index (χ1v) is 5.12. The minimum Gasteiger partial charge on any atom is -0.478 e. The molecule has 0 aliphatic carbocycles. The molecule has 0 radical (unpaired) electrons. The number of carboxylic acid groups (broad SMARTS) is 1. The van der Waals surface area contributed by atoms with Gasteiger partial charge in [-0.2, -0.15) is 0 Å². The largest absolute Gasteiger partial charge is 0.478 e. The van der Waals surface area contributed by atoms with Gasteiger partial charge in [0.1, 0.15) is 0 Å². The molecule has 1 rings (SSSR count). The van der Waals surface area contributed by atoms with E-state index in [2.05, 4.69) is 4.74 Å². The fraction of sp³-hybridized carbons (Fsp3) is 0.231. The van der Waals surface area contributed by atoms with Crippen LogP contribution < -0.4 is 0 Å². The first kappa shape index (κ1) is 13.0. The molecule has 0 bridgehead atoms. The smallest absolute Gasteiger partial charge is 0.336 e. The third kappa shape index (κ3) is 3.45. The normalized spacial score (nSPS) is 10.5. The molecule has 4 heteroatoms. The number of hydrogen-bond donors (Lipinski definition) is 1. The summed E-state index contributed by atoms with van der Waals surface area (Å²) in [6, 6.07) is 5.05. The number of rotatable bonds is 4. The van der Waals surface area contributed by atoms with E-state index in [-0.39, 0.29) is 18.0 Å².